The molecule has 0 aliphatic rings. The SMILES string of the molecule is CC(=Nc1c(C(C)C)cccc1C(C)C)c1ccc2cccc(Br)c2n1. The summed E-state index contributed by atoms with van der Waals surface area (Å²) in [7, 11) is 0. The molecule has 0 aliphatic heterocycles. The van der Waals surface area contributed by atoms with E-state index in [-0.39, 0.29) is 0 Å². The third-order valence-electron chi connectivity index (χ3n) is 4.66. The van der Waals surface area contributed by atoms with Crippen molar-refractivity contribution in [2.75, 3.05) is 0 Å². The quantitative estimate of drug-likeness (QED) is 0.413. The maximum absolute atomic E-state index is 5.05. The Balaban J connectivity index is 2.15. The molecule has 0 bridgehead atoms. The first kappa shape index (κ1) is 18.8. The lowest BCUT2D eigenvalue weighted by Crippen LogP contribution is -2.01. The fraction of sp³-hybridized carbons (Fsp3) is 0.304. The highest BCUT2D eigenvalue weighted by Crippen LogP contribution is 2.35. The van der Waals surface area contributed by atoms with E-state index in [0.717, 1.165) is 32.5 Å². The summed E-state index contributed by atoms with van der Waals surface area (Å²) in [6.45, 7) is 10.9. The van der Waals surface area contributed by atoms with E-state index in [2.05, 4.69) is 80.0 Å². The van der Waals surface area contributed by atoms with E-state index < -0.39 is 0 Å². The van der Waals surface area contributed by atoms with Gasteiger partial charge in [0.15, 0.2) is 0 Å². The number of aromatic nitrogens is 1. The van der Waals surface area contributed by atoms with E-state index in [1.807, 2.05) is 19.1 Å². The number of fused-ring (bicyclic) bond motifs is 1. The third kappa shape index (κ3) is 3.73. The van der Waals surface area contributed by atoms with Crippen LogP contribution in [-0.4, -0.2) is 10.7 Å². The van der Waals surface area contributed by atoms with E-state index >= 15 is 0 Å². The minimum absolute atomic E-state index is 0.430. The van der Waals surface area contributed by atoms with Crippen molar-refractivity contribution in [2.24, 2.45) is 4.99 Å². The maximum Gasteiger partial charge on any atom is 0.0851 e. The fourth-order valence-corrected chi connectivity index (χ4v) is 3.65. The van der Waals surface area contributed by atoms with Crippen LogP contribution >= 0.6 is 15.9 Å². The van der Waals surface area contributed by atoms with Gasteiger partial charge in [0.2, 0.25) is 0 Å². The number of nitrogens with zero attached hydrogens (tertiary/aromatic N) is 2. The Bertz CT molecular complexity index is 945. The number of rotatable bonds is 4. The predicted octanol–water partition coefficient (Wildman–Crippen LogP) is 7.38. The number of hydrogen-bond acceptors (Lipinski definition) is 2. The molecule has 0 radical (unpaired) electrons. The molecule has 1 heterocycles. The van der Waals surface area contributed by atoms with Crippen molar-refractivity contribution in [1.29, 1.82) is 0 Å². The van der Waals surface area contributed by atoms with Crippen molar-refractivity contribution >= 4 is 38.2 Å². The van der Waals surface area contributed by atoms with Crippen LogP contribution in [0.1, 0.15) is 63.3 Å². The molecule has 0 amide bonds. The van der Waals surface area contributed by atoms with Crippen molar-refractivity contribution in [3.05, 3.63) is 69.8 Å². The van der Waals surface area contributed by atoms with Crippen molar-refractivity contribution in [3.63, 3.8) is 0 Å². The molecular weight excluding hydrogens is 384 g/mol. The van der Waals surface area contributed by atoms with Gasteiger partial charge in [0.25, 0.3) is 0 Å². The van der Waals surface area contributed by atoms with Crippen molar-refractivity contribution in [1.82, 2.24) is 4.98 Å². The van der Waals surface area contributed by atoms with Gasteiger partial charge in [0.1, 0.15) is 0 Å². The predicted molar refractivity (Wildman–Crippen MR) is 116 cm³/mol. The number of hydrogen-bond donors (Lipinski definition) is 0. The molecule has 0 aliphatic carbocycles. The average molecular weight is 409 g/mol. The summed E-state index contributed by atoms with van der Waals surface area (Å²) in [5.74, 6) is 0.859. The Hall–Kier alpha value is -2.00. The van der Waals surface area contributed by atoms with Crippen LogP contribution < -0.4 is 0 Å². The minimum Gasteiger partial charge on any atom is -0.251 e. The van der Waals surface area contributed by atoms with Gasteiger partial charge >= 0.3 is 0 Å². The summed E-state index contributed by atoms with van der Waals surface area (Å²) >= 11 is 3.61. The van der Waals surface area contributed by atoms with Gasteiger partial charge in [-0.15, -0.1) is 0 Å². The first-order chi connectivity index (χ1) is 12.4. The van der Waals surface area contributed by atoms with Crippen molar-refractivity contribution in [2.45, 2.75) is 46.5 Å². The fourth-order valence-electron chi connectivity index (χ4n) is 3.18. The van der Waals surface area contributed by atoms with Crippen LogP contribution in [0.2, 0.25) is 0 Å². The zero-order valence-electron chi connectivity index (χ0n) is 16.0. The number of para-hydroxylation sites is 2. The molecule has 134 valence electrons. The molecule has 26 heavy (non-hydrogen) atoms. The number of halogens is 1. The molecule has 3 aromatic rings. The maximum atomic E-state index is 5.05. The Labute approximate surface area is 164 Å². The first-order valence-electron chi connectivity index (χ1n) is 9.12. The first-order valence-corrected chi connectivity index (χ1v) is 9.91. The molecule has 0 unspecified atom stereocenters. The molecule has 0 N–H and O–H groups in total. The van der Waals surface area contributed by atoms with Gasteiger partial charge in [-0.1, -0.05) is 64.1 Å². The Kier molecular flexibility index (Phi) is 5.57. The molecule has 0 spiro atoms. The zero-order valence-corrected chi connectivity index (χ0v) is 17.6. The summed E-state index contributed by atoms with van der Waals surface area (Å²) in [4.78, 5) is 9.89. The average Bonchev–Trinajstić information content (AvgIpc) is 2.61. The highest BCUT2D eigenvalue weighted by atomic mass is 79.9. The van der Waals surface area contributed by atoms with Crippen LogP contribution in [0, 0.1) is 0 Å². The van der Waals surface area contributed by atoms with Crippen LogP contribution in [0.5, 0.6) is 0 Å². The number of pyridine rings is 1. The second kappa shape index (κ2) is 7.71. The molecule has 3 rings (SSSR count). The second-order valence-electron chi connectivity index (χ2n) is 7.30. The van der Waals surface area contributed by atoms with Crippen molar-refractivity contribution < 1.29 is 0 Å². The summed E-state index contributed by atoms with van der Waals surface area (Å²) in [5, 5.41) is 1.13. The lowest BCUT2D eigenvalue weighted by Gasteiger charge is -2.17. The Morgan fingerprint density at radius 2 is 1.50 bits per heavy atom. The molecule has 3 heteroatoms. The smallest absolute Gasteiger partial charge is 0.0851 e. The van der Waals surface area contributed by atoms with Crippen molar-refractivity contribution in [3.8, 4) is 0 Å². The van der Waals surface area contributed by atoms with Crippen LogP contribution in [0.4, 0.5) is 5.69 Å². The largest absolute Gasteiger partial charge is 0.251 e. The molecule has 0 atom stereocenters. The number of aliphatic imine (C=N–C) groups is 1. The normalized spacial score (nSPS) is 12.4. The topological polar surface area (TPSA) is 25.2 Å². The van der Waals surface area contributed by atoms with E-state index in [1.54, 1.807) is 0 Å². The Morgan fingerprint density at radius 3 is 2.12 bits per heavy atom. The lowest BCUT2D eigenvalue weighted by atomic mass is 9.93. The van der Waals surface area contributed by atoms with Crippen LogP contribution in [0.3, 0.4) is 0 Å². The van der Waals surface area contributed by atoms with Gasteiger partial charge in [-0.05, 0) is 57.9 Å². The molecule has 1 aromatic heterocycles. The van der Waals surface area contributed by atoms with E-state index in [9.17, 15) is 0 Å². The molecule has 0 saturated heterocycles. The Morgan fingerprint density at radius 1 is 0.885 bits per heavy atom. The minimum atomic E-state index is 0.430. The zero-order chi connectivity index (χ0) is 18.8. The summed E-state index contributed by atoms with van der Waals surface area (Å²) in [6, 6.07) is 16.8. The lowest BCUT2D eigenvalue weighted by molar-refractivity contribution is 0.834. The molecule has 0 saturated carbocycles. The van der Waals surface area contributed by atoms with Crippen LogP contribution in [0.25, 0.3) is 10.9 Å². The van der Waals surface area contributed by atoms with Gasteiger partial charge in [-0.2, -0.15) is 0 Å². The van der Waals surface area contributed by atoms with E-state index in [1.165, 1.54) is 11.1 Å². The van der Waals surface area contributed by atoms with E-state index in [4.69, 9.17) is 9.98 Å². The molecule has 0 fully saturated rings. The molecule has 2 aromatic carbocycles. The summed E-state index contributed by atoms with van der Waals surface area (Å²) in [6.07, 6.45) is 0. The van der Waals surface area contributed by atoms with Gasteiger partial charge < -0.3 is 0 Å². The number of benzene rings is 2. The molecular formula is C23H25BrN2. The van der Waals surface area contributed by atoms with E-state index in [0.29, 0.717) is 11.8 Å². The van der Waals surface area contributed by atoms with Crippen LogP contribution in [-0.2, 0) is 0 Å². The highest BCUT2D eigenvalue weighted by Gasteiger charge is 2.14. The van der Waals surface area contributed by atoms with Crippen LogP contribution in [0.15, 0.2) is 58.0 Å². The second-order valence-corrected chi connectivity index (χ2v) is 8.15. The van der Waals surface area contributed by atoms with Gasteiger partial charge in [-0.3, -0.25) is 4.99 Å². The summed E-state index contributed by atoms with van der Waals surface area (Å²) < 4.78 is 1.01. The monoisotopic (exact) mass is 408 g/mol. The van der Waals surface area contributed by atoms with Gasteiger partial charge in [-0.25, -0.2) is 4.98 Å². The highest BCUT2D eigenvalue weighted by molar-refractivity contribution is 9.10. The summed E-state index contributed by atoms with van der Waals surface area (Å²) in [5.41, 5.74) is 6.51. The standard InChI is InChI=1S/C23H25BrN2/c1-14(2)18-9-7-10-19(15(3)4)23(18)25-16(5)21-13-12-17-8-6-11-20(24)22(17)26-21/h6-15H,1-5H3. The molecule has 2 nitrogen and oxygen atoms in total. The van der Waals surface area contributed by atoms with Gasteiger partial charge in [0, 0.05) is 9.86 Å². The third-order valence-corrected chi connectivity index (χ3v) is 5.30. The van der Waals surface area contributed by atoms with Gasteiger partial charge in [0.05, 0.1) is 22.6 Å².